The number of benzene rings is 1. The summed E-state index contributed by atoms with van der Waals surface area (Å²) in [6.07, 6.45) is -0.106. The van der Waals surface area contributed by atoms with Crippen LogP contribution in [0.5, 0.6) is 11.5 Å². The number of aromatic nitrogens is 1. The highest BCUT2D eigenvalue weighted by Gasteiger charge is 2.15. The normalized spacial score (nSPS) is 10.5. The van der Waals surface area contributed by atoms with Crippen LogP contribution >= 0.6 is 23.1 Å². The molecule has 7 nitrogen and oxygen atoms in total. The predicted molar refractivity (Wildman–Crippen MR) is 105 cm³/mol. The highest BCUT2D eigenvalue weighted by Crippen LogP contribution is 2.28. The van der Waals surface area contributed by atoms with E-state index in [1.807, 2.05) is 25.1 Å². The van der Waals surface area contributed by atoms with Gasteiger partial charge in [0.15, 0.2) is 15.8 Å². The zero-order valence-electron chi connectivity index (χ0n) is 15.4. The number of methoxy groups -OCH3 is 2. The van der Waals surface area contributed by atoms with Crippen molar-refractivity contribution in [3.05, 3.63) is 34.8 Å². The first-order valence-electron chi connectivity index (χ1n) is 8.24. The summed E-state index contributed by atoms with van der Waals surface area (Å²) in [5, 5.41) is 10.5. The van der Waals surface area contributed by atoms with E-state index >= 15 is 0 Å². The number of carbonyl (C=O) groups excluding carboxylic acids is 1. The van der Waals surface area contributed by atoms with Crippen LogP contribution in [0.25, 0.3) is 0 Å². The molecule has 27 heavy (non-hydrogen) atoms. The number of hydrogen-bond acceptors (Lipinski definition) is 7. The van der Waals surface area contributed by atoms with Crippen LogP contribution in [0.4, 0.5) is 0 Å². The first-order chi connectivity index (χ1) is 13.0. The average Bonchev–Trinajstić information content (AvgIpc) is 3.10. The summed E-state index contributed by atoms with van der Waals surface area (Å²) in [6, 6.07) is 5.59. The number of thiazole rings is 1. The van der Waals surface area contributed by atoms with Gasteiger partial charge in [-0.1, -0.05) is 17.8 Å². The lowest BCUT2D eigenvalue weighted by Crippen LogP contribution is -2.31. The molecule has 2 rings (SSSR count). The van der Waals surface area contributed by atoms with Crippen LogP contribution < -0.4 is 9.47 Å². The SMILES string of the molecule is CCN(Cc1ccc(OC)c(OC)c1)C(=O)CSc1nc(CC(=O)O)cs1. The van der Waals surface area contributed by atoms with Gasteiger partial charge >= 0.3 is 5.97 Å². The Morgan fingerprint density at radius 3 is 2.63 bits per heavy atom. The Hall–Kier alpha value is -2.26. The molecule has 0 unspecified atom stereocenters. The first-order valence-corrected chi connectivity index (χ1v) is 10.1. The summed E-state index contributed by atoms with van der Waals surface area (Å²) < 4.78 is 11.2. The Morgan fingerprint density at radius 1 is 1.26 bits per heavy atom. The minimum Gasteiger partial charge on any atom is -0.493 e. The van der Waals surface area contributed by atoms with Gasteiger partial charge in [-0.15, -0.1) is 11.3 Å². The Balaban J connectivity index is 1.95. The van der Waals surface area contributed by atoms with Crippen LogP contribution in [0.1, 0.15) is 18.2 Å². The number of ether oxygens (including phenoxy) is 2. The van der Waals surface area contributed by atoms with E-state index in [1.165, 1.54) is 23.1 Å². The molecule has 1 aromatic carbocycles. The van der Waals surface area contributed by atoms with Crippen molar-refractivity contribution >= 4 is 35.0 Å². The molecule has 1 aromatic heterocycles. The third kappa shape index (κ3) is 6.14. The number of thioether (sulfide) groups is 1. The molecule has 0 saturated heterocycles. The molecule has 0 fully saturated rings. The van der Waals surface area contributed by atoms with Crippen molar-refractivity contribution in [2.45, 2.75) is 24.2 Å². The van der Waals surface area contributed by atoms with Crippen molar-refractivity contribution in [2.75, 3.05) is 26.5 Å². The number of nitrogens with zero attached hydrogens (tertiary/aromatic N) is 2. The van der Waals surface area contributed by atoms with Gasteiger partial charge in [-0.05, 0) is 24.6 Å². The van der Waals surface area contributed by atoms with E-state index in [2.05, 4.69) is 4.98 Å². The van der Waals surface area contributed by atoms with Crippen molar-refractivity contribution in [1.82, 2.24) is 9.88 Å². The van der Waals surface area contributed by atoms with Crippen LogP contribution in [0.2, 0.25) is 0 Å². The van der Waals surface area contributed by atoms with Crippen LogP contribution in [0.15, 0.2) is 27.9 Å². The van der Waals surface area contributed by atoms with Crippen LogP contribution in [0.3, 0.4) is 0 Å². The van der Waals surface area contributed by atoms with Crippen LogP contribution in [0, 0.1) is 0 Å². The zero-order valence-corrected chi connectivity index (χ0v) is 17.1. The third-order valence-corrected chi connectivity index (χ3v) is 5.79. The minimum absolute atomic E-state index is 0.00716. The summed E-state index contributed by atoms with van der Waals surface area (Å²) in [4.78, 5) is 29.2. The van der Waals surface area contributed by atoms with Gasteiger partial charge in [0.25, 0.3) is 0 Å². The number of amides is 1. The first kappa shape index (κ1) is 21.0. The second-order valence-corrected chi connectivity index (χ2v) is 7.64. The van der Waals surface area contributed by atoms with E-state index in [1.54, 1.807) is 24.5 Å². The summed E-state index contributed by atoms with van der Waals surface area (Å²) in [7, 11) is 3.16. The average molecular weight is 411 g/mol. The van der Waals surface area contributed by atoms with Gasteiger partial charge in [0.1, 0.15) is 0 Å². The molecule has 0 aliphatic rings. The lowest BCUT2D eigenvalue weighted by molar-refractivity contribution is -0.136. The molecular weight excluding hydrogens is 388 g/mol. The molecule has 9 heteroatoms. The molecule has 0 saturated carbocycles. The molecule has 0 atom stereocenters. The maximum absolute atomic E-state index is 12.5. The summed E-state index contributed by atoms with van der Waals surface area (Å²) in [6.45, 7) is 2.98. The highest BCUT2D eigenvalue weighted by molar-refractivity contribution is 8.01. The molecule has 0 aliphatic heterocycles. The van der Waals surface area contributed by atoms with Crippen molar-refractivity contribution in [2.24, 2.45) is 0 Å². The predicted octanol–water partition coefficient (Wildman–Crippen LogP) is 2.93. The Labute approximate surface area is 166 Å². The van der Waals surface area contributed by atoms with Crippen molar-refractivity contribution in [3.8, 4) is 11.5 Å². The molecule has 1 heterocycles. The molecule has 0 spiro atoms. The smallest absolute Gasteiger partial charge is 0.309 e. The zero-order chi connectivity index (χ0) is 19.8. The molecule has 0 aliphatic carbocycles. The molecule has 1 N–H and O–H groups in total. The maximum Gasteiger partial charge on any atom is 0.309 e. The third-order valence-electron chi connectivity index (χ3n) is 3.74. The van der Waals surface area contributed by atoms with Gasteiger partial charge in [-0.25, -0.2) is 4.98 Å². The molecule has 146 valence electrons. The molecule has 1 amide bonds. The summed E-state index contributed by atoms with van der Waals surface area (Å²) in [5.41, 5.74) is 1.46. The lowest BCUT2D eigenvalue weighted by Gasteiger charge is -2.21. The van der Waals surface area contributed by atoms with Crippen molar-refractivity contribution < 1.29 is 24.2 Å². The lowest BCUT2D eigenvalue weighted by atomic mass is 10.2. The van der Waals surface area contributed by atoms with Gasteiger partial charge in [-0.3, -0.25) is 9.59 Å². The minimum atomic E-state index is -0.917. The summed E-state index contributed by atoms with van der Waals surface area (Å²) in [5.74, 6) is 0.599. The Morgan fingerprint density at radius 2 is 2.00 bits per heavy atom. The fraction of sp³-hybridized carbons (Fsp3) is 0.389. The number of rotatable bonds is 10. The molecule has 0 radical (unpaired) electrons. The van der Waals surface area contributed by atoms with E-state index in [0.29, 0.717) is 34.6 Å². The van der Waals surface area contributed by atoms with E-state index in [9.17, 15) is 9.59 Å². The topological polar surface area (TPSA) is 89.0 Å². The fourth-order valence-electron chi connectivity index (χ4n) is 2.38. The Kier molecular flexibility index (Phi) is 7.93. The van der Waals surface area contributed by atoms with Gasteiger partial charge in [0.05, 0.1) is 32.1 Å². The second-order valence-electron chi connectivity index (χ2n) is 5.56. The van der Waals surface area contributed by atoms with Gasteiger partial charge in [0.2, 0.25) is 5.91 Å². The Bertz CT molecular complexity index is 794. The van der Waals surface area contributed by atoms with E-state index in [0.717, 1.165) is 5.56 Å². The largest absolute Gasteiger partial charge is 0.493 e. The number of carboxylic acids is 1. The molecule has 2 aromatic rings. The van der Waals surface area contributed by atoms with E-state index in [-0.39, 0.29) is 18.1 Å². The van der Waals surface area contributed by atoms with Crippen molar-refractivity contribution in [1.29, 1.82) is 0 Å². The maximum atomic E-state index is 12.5. The number of aliphatic carboxylic acids is 1. The fourth-order valence-corrected chi connectivity index (χ4v) is 4.13. The second kappa shape index (κ2) is 10.2. The van der Waals surface area contributed by atoms with E-state index in [4.69, 9.17) is 14.6 Å². The number of carboxylic acid groups (broad SMARTS) is 1. The van der Waals surface area contributed by atoms with Crippen LogP contribution in [-0.4, -0.2) is 53.4 Å². The number of hydrogen-bond donors (Lipinski definition) is 1. The quantitative estimate of drug-likeness (QED) is 0.602. The van der Waals surface area contributed by atoms with E-state index < -0.39 is 5.97 Å². The van der Waals surface area contributed by atoms with Gasteiger partial charge < -0.3 is 19.5 Å². The summed E-state index contributed by atoms with van der Waals surface area (Å²) >= 11 is 2.68. The van der Waals surface area contributed by atoms with Gasteiger partial charge in [-0.2, -0.15) is 0 Å². The monoisotopic (exact) mass is 410 g/mol. The van der Waals surface area contributed by atoms with Crippen molar-refractivity contribution in [3.63, 3.8) is 0 Å². The van der Waals surface area contributed by atoms with Gasteiger partial charge in [0, 0.05) is 18.5 Å². The number of carbonyl (C=O) groups is 2. The van der Waals surface area contributed by atoms with Crippen LogP contribution in [-0.2, 0) is 22.6 Å². The standard InChI is InChI=1S/C18H22N2O5S2/c1-4-20(9-12-5-6-14(24-2)15(7-12)25-3)16(21)11-27-18-19-13(10-26-18)8-17(22)23/h5-7,10H,4,8-9,11H2,1-3H3,(H,22,23). The highest BCUT2D eigenvalue weighted by atomic mass is 32.2. The molecule has 0 bridgehead atoms. The molecular formula is C18H22N2O5S2.